The van der Waals surface area contributed by atoms with Crippen molar-refractivity contribution >= 4 is 22.9 Å². The maximum absolute atomic E-state index is 12.9. The van der Waals surface area contributed by atoms with Crippen LogP contribution in [0.1, 0.15) is 51.3 Å². The highest BCUT2D eigenvalue weighted by molar-refractivity contribution is 6.32. The Morgan fingerprint density at radius 1 is 1.00 bits per heavy atom. The number of nitrogen functional groups attached to an aromatic ring is 1. The van der Waals surface area contributed by atoms with Crippen LogP contribution in [0.15, 0.2) is 30.3 Å². The average Bonchev–Trinajstić information content (AvgIpc) is 2.47. The number of benzene rings is 2. The number of anilines is 2. The smallest absolute Gasteiger partial charge is 0.196 e. The lowest BCUT2D eigenvalue weighted by Crippen LogP contribution is -2.25. The Labute approximate surface area is 129 Å². The second-order valence-electron chi connectivity index (χ2n) is 5.91. The second-order valence-corrected chi connectivity index (χ2v) is 5.91. The molecule has 0 aliphatic heterocycles. The highest BCUT2D eigenvalue weighted by atomic mass is 16.1. The number of nitrogens with two attached hydrogens (primary N) is 1. The topological polar surface area (TPSA) is 72.2 Å². The van der Waals surface area contributed by atoms with Crippen LogP contribution in [-0.2, 0) is 0 Å². The Hall–Kier alpha value is -2.62. The van der Waals surface area contributed by atoms with Crippen molar-refractivity contribution in [1.29, 1.82) is 0 Å². The van der Waals surface area contributed by atoms with Crippen LogP contribution < -0.4 is 11.1 Å². The van der Waals surface area contributed by atoms with Gasteiger partial charge in [0.05, 0.1) is 11.1 Å². The molecule has 0 fully saturated rings. The maximum Gasteiger partial charge on any atom is 0.196 e. The Morgan fingerprint density at radius 3 is 2.09 bits per heavy atom. The molecule has 0 saturated heterocycles. The van der Waals surface area contributed by atoms with Gasteiger partial charge in [-0.1, -0.05) is 24.3 Å². The quantitative estimate of drug-likeness (QED) is 0.712. The number of ketones is 2. The summed E-state index contributed by atoms with van der Waals surface area (Å²) < 4.78 is 0. The molecule has 0 bridgehead atoms. The fourth-order valence-corrected chi connectivity index (χ4v) is 2.88. The average molecular weight is 294 g/mol. The Kier molecular flexibility index (Phi) is 3.24. The molecule has 0 spiro atoms. The first-order chi connectivity index (χ1) is 10.4. The number of hydrogen-bond donors (Lipinski definition) is 2. The van der Waals surface area contributed by atoms with Crippen LogP contribution in [0, 0.1) is 6.92 Å². The lowest BCUT2D eigenvalue weighted by Gasteiger charge is -2.24. The molecule has 3 N–H and O–H groups in total. The predicted molar refractivity (Wildman–Crippen MR) is 87.7 cm³/mol. The number of nitrogens with one attached hydrogen (secondary N) is 1. The first-order valence-corrected chi connectivity index (χ1v) is 7.29. The van der Waals surface area contributed by atoms with Crippen LogP contribution >= 0.6 is 0 Å². The van der Waals surface area contributed by atoms with Gasteiger partial charge in [-0.05, 0) is 32.4 Å². The van der Waals surface area contributed by atoms with Gasteiger partial charge < -0.3 is 11.1 Å². The number of rotatable bonds is 2. The molecule has 0 aromatic heterocycles. The van der Waals surface area contributed by atoms with E-state index in [2.05, 4.69) is 5.32 Å². The molecule has 3 rings (SSSR count). The number of fused-ring (bicyclic) bond motifs is 2. The summed E-state index contributed by atoms with van der Waals surface area (Å²) in [5, 5.41) is 3.25. The van der Waals surface area contributed by atoms with Gasteiger partial charge in [0, 0.05) is 28.5 Å². The van der Waals surface area contributed by atoms with Crippen molar-refractivity contribution in [1.82, 2.24) is 0 Å². The van der Waals surface area contributed by atoms with E-state index in [0.717, 1.165) is 5.56 Å². The Bertz CT molecular complexity index is 807. The molecule has 1 aliphatic carbocycles. The van der Waals surface area contributed by atoms with Crippen molar-refractivity contribution in [2.75, 3.05) is 11.1 Å². The van der Waals surface area contributed by atoms with Crippen LogP contribution in [-0.4, -0.2) is 17.6 Å². The molecule has 112 valence electrons. The lowest BCUT2D eigenvalue weighted by molar-refractivity contribution is 0.0980. The van der Waals surface area contributed by atoms with E-state index in [9.17, 15) is 9.59 Å². The number of carbonyl (C=O) groups excluding carboxylic acids is 2. The summed E-state index contributed by atoms with van der Waals surface area (Å²) in [5.74, 6) is -0.335. The SMILES string of the molecule is Cc1cc(NC(C)C)c2c(c1N)C(=O)c1ccccc1C2=O. The molecule has 0 atom stereocenters. The third-order valence-electron chi connectivity index (χ3n) is 3.89. The van der Waals surface area contributed by atoms with E-state index in [-0.39, 0.29) is 17.6 Å². The molecule has 0 radical (unpaired) electrons. The number of carbonyl (C=O) groups is 2. The van der Waals surface area contributed by atoms with Gasteiger partial charge in [0.2, 0.25) is 0 Å². The standard InChI is InChI=1S/C18H18N2O2/c1-9(2)20-13-8-10(3)16(19)15-14(13)17(21)11-6-4-5-7-12(11)18(15)22/h4-9,20H,19H2,1-3H3. The monoisotopic (exact) mass is 294 g/mol. The van der Waals surface area contributed by atoms with Gasteiger partial charge in [-0.25, -0.2) is 0 Å². The van der Waals surface area contributed by atoms with Gasteiger partial charge in [0.25, 0.3) is 0 Å². The Balaban J connectivity index is 2.33. The molecule has 4 nitrogen and oxygen atoms in total. The minimum atomic E-state index is -0.182. The summed E-state index contributed by atoms with van der Waals surface area (Å²) in [6, 6.07) is 8.87. The summed E-state index contributed by atoms with van der Waals surface area (Å²) in [7, 11) is 0. The predicted octanol–water partition coefficient (Wildman–Crippen LogP) is 3.17. The molecule has 0 saturated carbocycles. The van der Waals surface area contributed by atoms with Gasteiger partial charge in [-0.15, -0.1) is 0 Å². The van der Waals surface area contributed by atoms with Crippen molar-refractivity contribution < 1.29 is 9.59 Å². The summed E-state index contributed by atoms with van der Waals surface area (Å²) >= 11 is 0. The number of aryl methyl sites for hydroxylation is 1. The summed E-state index contributed by atoms with van der Waals surface area (Å²) in [4.78, 5) is 25.7. The number of hydrogen-bond acceptors (Lipinski definition) is 4. The van der Waals surface area contributed by atoms with E-state index in [4.69, 9.17) is 5.73 Å². The van der Waals surface area contributed by atoms with E-state index in [1.54, 1.807) is 24.3 Å². The molecule has 4 heteroatoms. The van der Waals surface area contributed by atoms with Crippen molar-refractivity contribution in [3.05, 3.63) is 58.1 Å². The highest BCUT2D eigenvalue weighted by Crippen LogP contribution is 2.37. The third-order valence-corrected chi connectivity index (χ3v) is 3.89. The van der Waals surface area contributed by atoms with E-state index >= 15 is 0 Å². The van der Waals surface area contributed by atoms with Crippen LogP contribution in [0.2, 0.25) is 0 Å². The van der Waals surface area contributed by atoms with Gasteiger partial charge in [0.15, 0.2) is 11.6 Å². The molecule has 1 aliphatic rings. The minimum absolute atomic E-state index is 0.146. The van der Waals surface area contributed by atoms with Gasteiger partial charge in [0.1, 0.15) is 0 Å². The zero-order valence-electron chi connectivity index (χ0n) is 12.9. The fraction of sp³-hybridized carbons (Fsp3) is 0.222. The van der Waals surface area contributed by atoms with Crippen molar-refractivity contribution in [3.63, 3.8) is 0 Å². The third kappa shape index (κ3) is 1.99. The van der Waals surface area contributed by atoms with Crippen LogP contribution in [0.25, 0.3) is 0 Å². The van der Waals surface area contributed by atoms with Crippen LogP contribution in [0.4, 0.5) is 11.4 Å². The van der Waals surface area contributed by atoms with Gasteiger partial charge in [-0.2, -0.15) is 0 Å². The summed E-state index contributed by atoms with van der Waals surface area (Å²) in [6.07, 6.45) is 0. The van der Waals surface area contributed by atoms with Gasteiger partial charge >= 0.3 is 0 Å². The molecule has 0 unspecified atom stereocenters. The molecule has 22 heavy (non-hydrogen) atoms. The zero-order chi connectivity index (χ0) is 16.0. The molecular weight excluding hydrogens is 276 g/mol. The second kappa shape index (κ2) is 4.98. The maximum atomic E-state index is 12.9. The molecule has 0 heterocycles. The minimum Gasteiger partial charge on any atom is -0.398 e. The molecule has 0 amide bonds. The Morgan fingerprint density at radius 2 is 1.55 bits per heavy atom. The van der Waals surface area contributed by atoms with Gasteiger partial charge in [-0.3, -0.25) is 9.59 Å². The first-order valence-electron chi connectivity index (χ1n) is 7.29. The van der Waals surface area contributed by atoms with E-state index in [1.807, 2.05) is 26.8 Å². The first kappa shape index (κ1) is 14.3. The van der Waals surface area contributed by atoms with Crippen LogP contribution in [0.5, 0.6) is 0 Å². The van der Waals surface area contributed by atoms with E-state index in [0.29, 0.717) is 33.6 Å². The zero-order valence-corrected chi connectivity index (χ0v) is 12.9. The highest BCUT2D eigenvalue weighted by Gasteiger charge is 2.34. The van der Waals surface area contributed by atoms with E-state index < -0.39 is 0 Å². The van der Waals surface area contributed by atoms with Crippen molar-refractivity contribution in [3.8, 4) is 0 Å². The van der Waals surface area contributed by atoms with Crippen LogP contribution in [0.3, 0.4) is 0 Å². The van der Waals surface area contributed by atoms with E-state index in [1.165, 1.54) is 0 Å². The normalized spacial score (nSPS) is 13.1. The lowest BCUT2D eigenvalue weighted by atomic mass is 9.81. The summed E-state index contributed by atoms with van der Waals surface area (Å²) in [6.45, 7) is 5.82. The van der Waals surface area contributed by atoms with Crippen molar-refractivity contribution in [2.24, 2.45) is 0 Å². The summed E-state index contributed by atoms with van der Waals surface area (Å²) in [5.41, 5.74) is 9.54. The molecule has 2 aromatic carbocycles. The largest absolute Gasteiger partial charge is 0.398 e. The fourth-order valence-electron chi connectivity index (χ4n) is 2.88. The van der Waals surface area contributed by atoms with Crippen molar-refractivity contribution in [2.45, 2.75) is 26.8 Å². The molecular formula is C18H18N2O2. The molecule has 2 aromatic rings.